The summed E-state index contributed by atoms with van der Waals surface area (Å²) in [4.78, 5) is 22.0. The average Bonchev–Trinajstić information content (AvgIpc) is 3.27. The van der Waals surface area contributed by atoms with Gasteiger partial charge < -0.3 is 19.3 Å². The Morgan fingerprint density at radius 1 is 1.18 bits per heavy atom. The first kappa shape index (κ1) is 18.9. The number of hydrogen-bond donors (Lipinski definition) is 0. The Labute approximate surface area is 166 Å². The molecule has 1 aromatic carbocycles. The highest BCUT2D eigenvalue weighted by Crippen LogP contribution is 2.32. The number of pyridine rings is 1. The summed E-state index contributed by atoms with van der Waals surface area (Å²) in [5.41, 5.74) is 1.50. The predicted molar refractivity (Wildman–Crippen MR) is 106 cm³/mol. The number of benzene rings is 1. The lowest BCUT2D eigenvalue weighted by Crippen LogP contribution is -2.51. The van der Waals surface area contributed by atoms with E-state index >= 15 is 0 Å². The second-order valence-electron chi connectivity index (χ2n) is 7.35. The lowest BCUT2D eigenvalue weighted by Gasteiger charge is -2.42. The molecule has 0 saturated carbocycles. The van der Waals surface area contributed by atoms with Crippen LogP contribution in [-0.4, -0.2) is 66.7 Å². The van der Waals surface area contributed by atoms with E-state index in [0.717, 1.165) is 25.2 Å². The Kier molecular flexibility index (Phi) is 5.88. The Bertz CT molecular complexity index is 793. The largest absolute Gasteiger partial charge is 0.497 e. The normalized spacial score (nSPS) is 23.0. The van der Waals surface area contributed by atoms with Crippen molar-refractivity contribution in [3.8, 4) is 5.75 Å². The van der Waals surface area contributed by atoms with E-state index in [2.05, 4.69) is 22.0 Å². The molecule has 2 atom stereocenters. The molecule has 3 heterocycles. The van der Waals surface area contributed by atoms with Gasteiger partial charge in [-0.3, -0.25) is 9.78 Å². The molecular weight excluding hydrogens is 354 g/mol. The molecule has 28 heavy (non-hydrogen) atoms. The van der Waals surface area contributed by atoms with Gasteiger partial charge in [0.05, 0.1) is 25.9 Å². The molecule has 6 nitrogen and oxygen atoms in total. The third-order valence-corrected chi connectivity index (χ3v) is 5.58. The van der Waals surface area contributed by atoms with E-state index in [9.17, 15) is 4.79 Å². The van der Waals surface area contributed by atoms with Crippen molar-refractivity contribution in [2.75, 3.05) is 39.9 Å². The minimum atomic E-state index is -0.129. The molecule has 2 fully saturated rings. The highest BCUT2D eigenvalue weighted by atomic mass is 16.5. The topological polar surface area (TPSA) is 54.9 Å². The van der Waals surface area contributed by atoms with Crippen LogP contribution in [-0.2, 0) is 4.74 Å². The molecule has 0 unspecified atom stereocenters. The summed E-state index contributed by atoms with van der Waals surface area (Å²) in [7, 11) is 1.59. The Balaban J connectivity index is 1.64. The Morgan fingerprint density at radius 2 is 1.96 bits per heavy atom. The van der Waals surface area contributed by atoms with Crippen LogP contribution < -0.4 is 4.74 Å². The predicted octanol–water partition coefficient (Wildman–Crippen LogP) is 2.77. The van der Waals surface area contributed by atoms with Crippen LogP contribution in [0.15, 0.2) is 48.7 Å². The quantitative estimate of drug-likeness (QED) is 0.797. The van der Waals surface area contributed by atoms with Crippen LogP contribution in [0.25, 0.3) is 0 Å². The van der Waals surface area contributed by atoms with Crippen molar-refractivity contribution in [2.45, 2.75) is 25.0 Å². The summed E-state index contributed by atoms with van der Waals surface area (Å²) < 4.78 is 11.5. The average molecular weight is 381 g/mol. The van der Waals surface area contributed by atoms with Crippen LogP contribution in [0.4, 0.5) is 0 Å². The van der Waals surface area contributed by atoms with Crippen LogP contribution >= 0.6 is 0 Å². The molecule has 4 rings (SSSR count). The molecule has 0 bridgehead atoms. The summed E-state index contributed by atoms with van der Waals surface area (Å²) in [6.07, 6.45) is 4.04. The molecule has 0 spiro atoms. The fourth-order valence-corrected chi connectivity index (χ4v) is 4.18. The maximum atomic E-state index is 13.4. The summed E-state index contributed by atoms with van der Waals surface area (Å²) in [6, 6.07) is 13.5. The van der Waals surface area contributed by atoms with Gasteiger partial charge >= 0.3 is 0 Å². The number of aromatic nitrogens is 1. The second-order valence-corrected chi connectivity index (χ2v) is 7.35. The zero-order valence-electron chi connectivity index (χ0n) is 16.3. The number of amides is 1. The van der Waals surface area contributed by atoms with Crippen molar-refractivity contribution in [1.82, 2.24) is 14.8 Å². The molecular formula is C22H27N3O3. The SMILES string of the molecule is COc1ccnc(C(=O)N2CCO[C@@H](CN3CCCC3)[C@@H]2c2ccccc2)c1. The molecule has 0 N–H and O–H groups in total. The Morgan fingerprint density at radius 3 is 2.71 bits per heavy atom. The summed E-state index contributed by atoms with van der Waals surface area (Å²) in [5.74, 6) is 0.555. The fraction of sp³-hybridized carbons (Fsp3) is 0.455. The second kappa shape index (κ2) is 8.71. The van der Waals surface area contributed by atoms with Gasteiger partial charge in [-0.1, -0.05) is 30.3 Å². The number of likely N-dealkylation sites (tertiary alicyclic amines) is 1. The lowest BCUT2D eigenvalue weighted by molar-refractivity contribution is -0.0708. The standard InChI is InChI=1S/C22H27N3O3/c1-27-18-9-10-23-19(15-18)22(26)25-13-14-28-20(16-24-11-5-6-12-24)21(25)17-7-3-2-4-8-17/h2-4,7-10,15,20-21H,5-6,11-14,16H2,1H3/t20-,21-/m0/s1. The van der Waals surface area contributed by atoms with Gasteiger partial charge in [0.2, 0.25) is 0 Å². The van der Waals surface area contributed by atoms with E-state index in [1.165, 1.54) is 12.8 Å². The third-order valence-electron chi connectivity index (χ3n) is 5.58. The van der Waals surface area contributed by atoms with Crippen molar-refractivity contribution in [1.29, 1.82) is 0 Å². The zero-order chi connectivity index (χ0) is 19.3. The minimum Gasteiger partial charge on any atom is -0.497 e. The number of methoxy groups -OCH3 is 1. The minimum absolute atomic E-state index is 0.0520. The van der Waals surface area contributed by atoms with Gasteiger partial charge in [-0.25, -0.2) is 0 Å². The molecule has 2 saturated heterocycles. The zero-order valence-corrected chi connectivity index (χ0v) is 16.3. The molecule has 0 aliphatic carbocycles. The number of rotatable bonds is 5. The number of carbonyl (C=O) groups is 1. The maximum Gasteiger partial charge on any atom is 0.273 e. The highest BCUT2D eigenvalue weighted by molar-refractivity contribution is 5.93. The molecule has 2 aliphatic heterocycles. The van der Waals surface area contributed by atoms with Crippen LogP contribution in [0, 0.1) is 0 Å². The molecule has 2 aliphatic rings. The van der Waals surface area contributed by atoms with Crippen molar-refractivity contribution in [2.24, 2.45) is 0 Å². The summed E-state index contributed by atoms with van der Waals surface area (Å²) in [6.45, 7) is 4.14. The van der Waals surface area contributed by atoms with Gasteiger partial charge in [0.1, 0.15) is 11.4 Å². The number of nitrogens with zero attached hydrogens (tertiary/aromatic N) is 3. The van der Waals surface area contributed by atoms with E-state index in [0.29, 0.717) is 24.6 Å². The monoisotopic (exact) mass is 381 g/mol. The number of ether oxygens (including phenoxy) is 2. The summed E-state index contributed by atoms with van der Waals surface area (Å²) in [5, 5.41) is 0. The molecule has 1 amide bonds. The highest BCUT2D eigenvalue weighted by Gasteiger charge is 2.38. The van der Waals surface area contributed by atoms with Crippen molar-refractivity contribution in [3.63, 3.8) is 0 Å². The first-order chi connectivity index (χ1) is 13.8. The van der Waals surface area contributed by atoms with Crippen molar-refractivity contribution in [3.05, 3.63) is 59.9 Å². The maximum absolute atomic E-state index is 13.4. The first-order valence-corrected chi connectivity index (χ1v) is 9.96. The smallest absolute Gasteiger partial charge is 0.273 e. The molecule has 0 radical (unpaired) electrons. The molecule has 1 aromatic heterocycles. The van der Waals surface area contributed by atoms with Crippen LogP contribution in [0.2, 0.25) is 0 Å². The fourth-order valence-electron chi connectivity index (χ4n) is 4.18. The van der Waals surface area contributed by atoms with Crippen molar-refractivity contribution < 1.29 is 14.3 Å². The van der Waals surface area contributed by atoms with Crippen LogP contribution in [0.5, 0.6) is 5.75 Å². The van der Waals surface area contributed by atoms with E-state index in [-0.39, 0.29) is 18.1 Å². The third kappa shape index (κ3) is 4.03. The first-order valence-electron chi connectivity index (χ1n) is 9.96. The van der Waals surface area contributed by atoms with Gasteiger partial charge in [-0.2, -0.15) is 0 Å². The van der Waals surface area contributed by atoms with Gasteiger partial charge in [-0.15, -0.1) is 0 Å². The molecule has 6 heteroatoms. The Hall–Kier alpha value is -2.44. The van der Waals surface area contributed by atoms with Crippen LogP contribution in [0.1, 0.15) is 34.9 Å². The number of carbonyl (C=O) groups excluding carboxylic acids is 1. The van der Waals surface area contributed by atoms with E-state index < -0.39 is 0 Å². The molecule has 2 aromatic rings. The van der Waals surface area contributed by atoms with Crippen molar-refractivity contribution >= 4 is 5.91 Å². The van der Waals surface area contributed by atoms with Gasteiger partial charge in [0.25, 0.3) is 5.91 Å². The van der Waals surface area contributed by atoms with Gasteiger partial charge in [0, 0.05) is 25.4 Å². The van der Waals surface area contributed by atoms with E-state index in [4.69, 9.17) is 9.47 Å². The lowest BCUT2D eigenvalue weighted by atomic mass is 9.97. The van der Waals surface area contributed by atoms with Gasteiger partial charge in [-0.05, 0) is 37.6 Å². The number of morpholine rings is 1. The van der Waals surface area contributed by atoms with Crippen LogP contribution in [0.3, 0.4) is 0 Å². The van der Waals surface area contributed by atoms with E-state index in [1.807, 2.05) is 23.1 Å². The van der Waals surface area contributed by atoms with E-state index in [1.54, 1.807) is 25.4 Å². The number of hydrogen-bond acceptors (Lipinski definition) is 5. The van der Waals surface area contributed by atoms with Gasteiger partial charge in [0.15, 0.2) is 0 Å². The molecule has 148 valence electrons. The summed E-state index contributed by atoms with van der Waals surface area (Å²) >= 11 is 0.